The molecule has 1 heterocycles. The molecular formula is C20H21F4N3O2. The highest BCUT2D eigenvalue weighted by atomic mass is 19.4. The van der Waals surface area contributed by atoms with Crippen LogP contribution in [0.1, 0.15) is 5.56 Å². The van der Waals surface area contributed by atoms with E-state index in [9.17, 15) is 22.4 Å². The number of nitrogens with zero attached hydrogens (tertiary/aromatic N) is 2. The van der Waals surface area contributed by atoms with E-state index in [0.29, 0.717) is 37.6 Å². The van der Waals surface area contributed by atoms with Crippen molar-refractivity contribution >= 4 is 11.7 Å². The van der Waals surface area contributed by atoms with Gasteiger partial charge in [-0.15, -0.1) is 0 Å². The number of carbonyl (C=O) groups excluding carboxylic acids is 1. The fourth-order valence-corrected chi connectivity index (χ4v) is 3.04. The lowest BCUT2D eigenvalue weighted by molar-refractivity contribution is -0.137. The number of amides is 2. The Bertz CT molecular complexity index is 836. The second-order valence-corrected chi connectivity index (χ2v) is 6.56. The van der Waals surface area contributed by atoms with Crippen LogP contribution in [-0.2, 0) is 6.18 Å². The summed E-state index contributed by atoms with van der Waals surface area (Å²) in [5, 5.41) is 2.72. The molecule has 0 spiro atoms. The number of urea groups is 1. The summed E-state index contributed by atoms with van der Waals surface area (Å²) in [6.45, 7) is 2.12. The smallest absolute Gasteiger partial charge is 0.416 e. The molecule has 1 fully saturated rings. The van der Waals surface area contributed by atoms with Gasteiger partial charge in [-0.05, 0) is 30.3 Å². The number of anilines is 1. The number of hydrogen-bond acceptors (Lipinski definition) is 3. The lowest BCUT2D eigenvalue weighted by Crippen LogP contribution is -2.52. The maximum absolute atomic E-state index is 13.1. The van der Waals surface area contributed by atoms with Crippen molar-refractivity contribution in [2.45, 2.75) is 6.18 Å². The van der Waals surface area contributed by atoms with Gasteiger partial charge in [0.1, 0.15) is 18.2 Å². The zero-order valence-corrected chi connectivity index (χ0v) is 15.6. The molecule has 5 nitrogen and oxygen atoms in total. The second kappa shape index (κ2) is 9.02. The number of alkyl halides is 3. The minimum atomic E-state index is -4.38. The highest BCUT2D eigenvalue weighted by Crippen LogP contribution is 2.31. The number of ether oxygens (including phenoxy) is 1. The number of rotatable bonds is 5. The van der Waals surface area contributed by atoms with Crippen LogP contribution in [0, 0.1) is 5.82 Å². The van der Waals surface area contributed by atoms with Gasteiger partial charge in [0.15, 0.2) is 0 Å². The highest BCUT2D eigenvalue weighted by molar-refractivity contribution is 5.74. The predicted octanol–water partition coefficient (Wildman–Crippen LogP) is 3.76. The summed E-state index contributed by atoms with van der Waals surface area (Å²) in [4.78, 5) is 15.7. The van der Waals surface area contributed by atoms with Gasteiger partial charge in [0, 0.05) is 37.9 Å². The molecule has 0 saturated carbocycles. The van der Waals surface area contributed by atoms with Gasteiger partial charge in [0.2, 0.25) is 0 Å². The first kappa shape index (κ1) is 20.8. The molecule has 1 saturated heterocycles. The molecule has 0 bridgehead atoms. The van der Waals surface area contributed by atoms with Crippen LogP contribution in [0.4, 0.5) is 28.0 Å². The van der Waals surface area contributed by atoms with Crippen molar-refractivity contribution in [1.82, 2.24) is 10.2 Å². The van der Waals surface area contributed by atoms with E-state index in [1.54, 1.807) is 17.0 Å². The van der Waals surface area contributed by atoms with E-state index in [1.807, 2.05) is 4.90 Å². The van der Waals surface area contributed by atoms with Crippen LogP contribution in [0.15, 0.2) is 48.5 Å². The van der Waals surface area contributed by atoms with Crippen LogP contribution in [0.2, 0.25) is 0 Å². The predicted molar refractivity (Wildman–Crippen MR) is 101 cm³/mol. The third kappa shape index (κ3) is 5.75. The summed E-state index contributed by atoms with van der Waals surface area (Å²) in [6.07, 6.45) is -4.38. The van der Waals surface area contributed by atoms with Crippen LogP contribution < -0.4 is 15.0 Å². The average molecular weight is 411 g/mol. The molecule has 2 aromatic rings. The molecule has 1 aliphatic rings. The average Bonchev–Trinajstić information content (AvgIpc) is 2.71. The van der Waals surface area contributed by atoms with Gasteiger partial charge in [-0.1, -0.05) is 12.1 Å². The van der Waals surface area contributed by atoms with E-state index in [4.69, 9.17) is 4.74 Å². The number of piperazine rings is 1. The standard InChI is InChI=1S/C20H21F4N3O2/c21-16-4-2-6-18(14-16)29-12-7-25-19(28)27-10-8-26(9-11-27)17-5-1-3-15(13-17)20(22,23)24/h1-6,13-14H,7-12H2,(H,25,28). The van der Waals surface area contributed by atoms with Gasteiger partial charge < -0.3 is 19.9 Å². The SMILES string of the molecule is O=C(NCCOc1cccc(F)c1)N1CCN(c2cccc(C(F)(F)F)c2)CC1. The van der Waals surface area contributed by atoms with E-state index in [1.165, 1.54) is 24.3 Å². The summed E-state index contributed by atoms with van der Waals surface area (Å²) < 4.78 is 57.0. The minimum Gasteiger partial charge on any atom is -0.492 e. The Morgan fingerprint density at radius 1 is 1.03 bits per heavy atom. The first-order chi connectivity index (χ1) is 13.8. The summed E-state index contributed by atoms with van der Waals surface area (Å²) in [5.41, 5.74) is -0.197. The fraction of sp³-hybridized carbons (Fsp3) is 0.350. The lowest BCUT2D eigenvalue weighted by atomic mass is 10.1. The molecule has 0 unspecified atom stereocenters. The van der Waals surface area contributed by atoms with E-state index in [2.05, 4.69) is 5.32 Å². The van der Waals surface area contributed by atoms with E-state index < -0.39 is 17.6 Å². The third-order valence-electron chi connectivity index (χ3n) is 4.55. The molecule has 156 valence electrons. The number of hydrogen-bond donors (Lipinski definition) is 1. The van der Waals surface area contributed by atoms with E-state index in [-0.39, 0.29) is 19.2 Å². The topological polar surface area (TPSA) is 44.8 Å². The van der Waals surface area contributed by atoms with Crippen molar-refractivity contribution in [3.05, 3.63) is 59.9 Å². The molecular weight excluding hydrogens is 390 g/mol. The summed E-state index contributed by atoms with van der Waals surface area (Å²) in [6, 6.07) is 10.6. The Morgan fingerprint density at radius 2 is 1.76 bits per heavy atom. The Balaban J connectivity index is 1.42. The Labute approximate surface area is 165 Å². The van der Waals surface area contributed by atoms with Gasteiger partial charge in [-0.2, -0.15) is 13.2 Å². The molecule has 3 rings (SSSR count). The Morgan fingerprint density at radius 3 is 2.45 bits per heavy atom. The molecule has 2 amide bonds. The van der Waals surface area contributed by atoms with Gasteiger partial charge >= 0.3 is 12.2 Å². The van der Waals surface area contributed by atoms with Crippen molar-refractivity contribution < 1.29 is 27.1 Å². The van der Waals surface area contributed by atoms with E-state index >= 15 is 0 Å². The first-order valence-corrected chi connectivity index (χ1v) is 9.16. The van der Waals surface area contributed by atoms with Gasteiger partial charge in [-0.3, -0.25) is 0 Å². The van der Waals surface area contributed by atoms with Crippen molar-refractivity contribution in [3.63, 3.8) is 0 Å². The quantitative estimate of drug-likeness (QED) is 0.602. The summed E-state index contributed by atoms with van der Waals surface area (Å²) in [5.74, 6) is -0.0147. The number of carbonyl (C=O) groups is 1. The number of nitrogens with one attached hydrogen (secondary N) is 1. The first-order valence-electron chi connectivity index (χ1n) is 9.16. The van der Waals surface area contributed by atoms with Crippen molar-refractivity contribution in [2.24, 2.45) is 0 Å². The fourth-order valence-electron chi connectivity index (χ4n) is 3.04. The van der Waals surface area contributed by atoms with Crippen LogP contribution in [0.25, 0.3) is 0 Å². The molecule has 0 aliphatic carbocycles. The largest absolute Gasteiger partial charge is 0.492 e. The number of benzene rings is 2. The zero-order chi connectivity index (χ0) is 20.9. The third-order valence-corrected chi connectivity index (χ3v) is 4.55. The summed E-state index contributed by atoms with van der Waals surface area (Å²) >= 11 is 0. The molecule has 1 aliphatic heterocycles. The van der Waals surface area contributed by atoms with Crippen LogP contribution >= 0.6 is 0 Å². The molecule has 1 N–H and O–H groups in total. The zero-order valence-electron chi connectivity index (χ0n) is 15.6. The minimum absolute atomic E-state index is 0.194. The Hall–Kier alpha value is -2.97. The maximum atomic E-state index is 13.1. The second-order valence-electron chi connectivity index (χ2n) is 6.56. The van der Waals surface area contributed by atoms with E-state index in [0.717, 1.165) is 12.1 Å². The Kier molecular flexibility index (Phi) is 6.46. The van der Waals surface area contributed by atoms with Crippen molar-refractivity contribution in [1.29, 1.82) is 0 Å². The van der Waals surface area contributed by atoms with Crippen LogP contribution in [-0.4, -0.2) is 50.3 Å². The monoisotopic (exact) mass is 411 g/mol. The summed E-state index contributed by atoms with van der Waals surface area (Å²) in [7, 11) is 0. The molecule has 0 atom stereocenters. The van der Waals surface area contributed by atoms with Gasteiger partial charge in [0.25, 0.3) is 0 Å². The van der Waals surface area contributed by atoms with Gasteiger partial charge in [0.05, 0.1) is 12.1 Å². The maximum Gasteiger partial charge on any atom is 0.416 e. The molecule has 2 aromatic carbocycles. The van der Waals surface area contributed by atoms with Crippen LogP contribution in [0.5, 0.6) is 5.75 Å². The number of halogens is 4. The molecule has 9 heteroatoms. The molecule has 0 radical (unpaired) electrons. The van der Waals surface area contributed by atoms with Crippen LogP contribution in [0.3, 0.4) is 0 Å². The lowest BCUT2D eigenvalue weighted by Gasteiger charge is -2.36. The van der Waals surface area contributed by atoms with Gasteiger partial charge in [-0.25, -0.2) is 9.18 Å². The normalized spacial score (nSPS) is 14.6. The van der Waals surface area contributed by atoms with Crippen molar-refractivity contribution in [3.8, 4) is 5.75 Å². The van der Waals surface area contributed by atoms with Crippen molar-refractivity contribution in [2.75, 3.05) is 44.2 Å². The molecule has 29 heavy (non-hydrogen) atoms. The highest BCUT2D eigenvalue weighted by Gasteiger charge is 2.31. The molecule has 0 aromatic heterocycles.